The van der Waals surface area contributed by atoms with Gasteiger partial charge in [-0.3, -0.25) is 9.36 Å². The van der Waals surface area contributed by atoms with Gasteiger partial charge in [-0.15, -0.1) is 0 Å². The molecule has 2 atom stereocenters. The number of hydrogen-bond acceptors (Lipinski definition) is 4. The van der Waals surface area contributed by atoms with Crippen LogP contribution < -0.4 is 10.9 Å². The summed E-state index contributed by atoms with van der Waals surface area (Å²) >= 11 is 12.4. The zero-order valence-electron chi connectivity index (χ0n) is 17.1. The molecular formula is C23H23Cl2N3O2. The number of rotatable bonds is 5. The third kappa shape index (κ3) is 3.73. The molecule has 0 unspecified atom stereocenters. The molecule has 0 fully saturated rings. The summed E-state index contributed by atoms with van der Waals surface area (Å²) in [6.45, 7) is 4.42. The average molecular weight is 444 g/mol. The fraction of sp³-hybridized carbons (Fsp3) is 0.304. The molecule has 2 aromatic carbocycles. The van der Waals surface area contributed by atoms with Crippen molar-refractivity contribution in [2.45, 2.75) is 32.4 Å². The van der Waals surface area contributed by atoms with E-state index in [1.165, 1.54) is 10.1 Å². The standard InChI is InChI=1S/C23H23Cl2N3O2/c1-4-30-19-11-14-7-5-6-8-16(14)21(19)27-20-13(2)26-22(28(3)23(20)29)17-10-9-15(24)12-18(17)25/h5-10,12,19,21,27H,4,11H2,1-3H3/t19-,21+/m0/s1. The average Bonchev–Trinajstić information content (AvgIpc) is 3.06. The summed E-state index contributed by atoms with van der Waals surface area (Å²) in [4.78, 5) is 18.0. The number of benzene rings is 2. The van der Waals surface area contributed by atoms with Crippen molar-refractivity contribution in [2.75, 3.05) is 11.9 Å². The summed E-state index contributed by atoms with van der Waals surface area (Å²) in [6.07, 6.45) is 0.773. The molecule has 0 amide bonds. The fourth-order valence-corrected chi connectivity index (χ4v) is 4.53. The highest BCUT2D eigenvalue weighted by atomic mass is 35.5. The maximum Gasteiger partial charge on any atom is 0.277 e. The zero-order chi connectivity index (χ0) is 21.4. The van der Waals surface area contributed by atoms with Crippen molar-refractivity contribution in [3.8, 4) is 11.4 Å². The van der Waals surface area contributed by atoms with Crippen LogP contribution >= 0.6 is 23.2 Å². The van der Waals surface area contributed by atoms with E-state index in [1.807, 2.05) is 26.0 Å². The van der Waals surface area contributed by atoms with Gasteiger partial charge in [-0.1, -0.05) is 47.5 Å². The predicted octanol–water partition coefficient (Wildman–Crippen LogP) is 5.18. The summed E-state index contributed by atoms with van der Waals surface area (Å²) in [7, 11) is 1.70. The van der Waals surface area contributed by atoms with Crippen molar-refractivity contribution in [3.63, 3.8) is 0 Å². The molecule has 3 aromatic rings. The first-order chi connectivity index (χ1) is 14.4. The second-order valence-electron chi connectivity index (χ2n) is 7.40. The quantitative estimate of drug-likeness (QED) is 0.590. The highest BCUT2D eigenvalue weighted by molar-refractivity contribution is 6.36. The Bertz CT molecular complexity index is 1160. The van der Waals surface area contributed by atoms with E-state index in [-0.39, 0.29) is 17.7 Å². The smallest absolute Gasteiger partial charge is 0.277 e. The Hall–Kier alpha value is -2.34. The van der Waals surface area contributed by atoms with E-state index in [0.717, 1.165) is 12.0 Å². The number of ether oxygens (including phenoxy) is 1. The Kier molecular flexibility index (Phi) is 5.87. The lowest BCUT2D eigenvalue weighted by Gasteiger charge is -2.24. The van der Waals surface area contributed by atoms with Crippen LogP contribution in [0.5, 0.6) is 0 Å². The maximum absolute atomic E-state index is 13.3. The summed E-state index contributed by atoms with van der Waals surface area (Å²) in [6, 6.07) is 13.3. The minimum Gasteiger partial charge on any atom is -0.376 e. The van der Waals surface area contributed by atoms with Crippen LogP contribution in [0.3, 0.4) is 0 Å². The molecule has 0 saturated carbocycles. The third-order valence-corrected chi connectivity index (χ3v) is 6.06. The monoisotopic (exact) mass is 443 g/mol. The van der Waals surface area contributed by atoms with E-state index in [4.69, 9.17) is 32.9 Å². The van der Waals surface area contributed by atoms with Crippen molar-refractivity contribution >= 4 is 28.9 Å². The van der Waals surface area contributed by atoms with Crippen LogP contribution in [0, 0.1) is 6.92 Å². The summed E-state index contributed by atoms with van der Waals surface area (Å²) in [5, 5.41) is 4.42. The molecule has 0 bridgehead atoms. The van der Waals surface area contributed by atoms with Crippen LogP contribution in [0.4, 0.5) is 5.69 Å². The van der Waals surface area contributed by atoms with E-state index >= 15 is 0 Å². The van der Waals surface area contributed by atoms with Crippen LogP contribution in [0.25, 0.3) is 11.4 Å². The van der Waals surface area contributed by atoms with Gasteiger partial charge in [-0.2, -0.15) is 0 Å². The fourth-order valence-electron chi connectivity index (χ4n) is 4.04. The van der Waals surface area contributed by atoms with E-state index in [0.29, 0.717) is 39.4 Å². The zero-order valence-corrected chi connectivity index (χ0v) is 18.6. The topological polar surface area (TPSA) is 56.1 Å². The molecule has 1 heterocycles. The molecule has 0 spiro atoms. The lowest BCUT2D eigenvalue weighted by molar-refractivity contribution is 0.0574. The molecule has 30 heavy (non-hydrogen) atoms. The molecule has 1 aromatic heterocycles. The Balaban J connectivity index is 1.75. The molecule has 7 heteroatoms. The first-order valence-electron chi connectivity index (χ1n) is 9.89. The van der Waals surface area contributed by atoms with Gasteiger partial charge in [-0.25, -0.2) is 4.98 Å². The van der Waals surface area contributed by atoms with Crippen LogP contribution in [-0.4, -0.2) is 22.3 Å². The minimum atomic E-state index is -0.164. The number of hydrogen-bond donors (Lipinski definition) is 1. The first kappa shape index (κ1) is 20.9. The normalized spacial score (nSPS) is 17.8. The molecule has 1 aliphatic rings. The Morgan fingerprint density at radius 1 is 1.23 bits per heavy atom. The molecule has 5 nitrogen and oxygen atoms in total. The van der Waals surface area contributed by atoms with Gasteiger partial charge in [0, 0.05) is 30.7 Å². The summed E-state index contributed by atoms with van der Waals surface area (Å²) in [5.41, 5.74) is 3.97. The number of fused-ring (bicyclic) bond motifs is 1. The number of aryl methyl sites for hydroxylation is 1. The van der Waals surface area contributed by atoms with Crippen LogP contribution in [0.2, 0.25) is 10.0 Å². The maximum atomic E-state index is 13.3. The molecule has 1 N–H and O–H groups in total. The van der Waals surface area contributed by atoms with Gasteiger partial charge in [0.1, 0.15) is 11.5 Å². The second kappa shape index (κ2) is 8.42. The Morgan fingerprint density at radius 2 is 2.00 bits per heavy atom. The predicted molar refractivity (Wildman–Crippen MR) is 122 cm³/mol. The molecule has 156 valence electrons. The minimum absolute atomic E-state index is 0.0399. The van der Waals surface area contributed by atoms with Gasteiger partial charge in [-0.05, 0) is 43.2 Å². The van der Waals surface area contributed by atoms with Gasteiger partial charge >= 0.3 is 0 Å². The molecule has 4 rings (SSSR count). The van der Waals surface area contributed by atoms with Crippen molar-refractivity contribution in [2.24, 2.45) is 7.05 Å². The van der Waals surface area contributed by atoms with Gasteiger partial charge in [0.25, 0.3) is 5.56 Å². The van der Waals surface area contributed by atoms with Gasteiger partial charge in [0.2, 0.25) is 0 Å². The van der Waals surface area contributed by atoms with E-state index in [9.17, 15) is 4.79 Å². The molecule has 0 saturated heterocycles. The lowest BCUT2D eigenvalue weighted by Crippen LogP contribution is -2.31. The molecular weight excluding hydrogens is 421 g/mol. The molecule has 0 aliphatic heterocycles. The number of aromatic nitrogens is 2. The first-order valence-corrected chi connectivity index (χ1v) is 10.6. The number of nitrogens with one attached hydrogen (secondary N) is 1. The summed E-state index contributed by atoms with van der Waals surface area (Å²) in [5.74, 6) is 0.498. The van der Waals surface area contributed by atoms with Crippen molar-refractivity contribution < 1.29 is 4.74 Å². The van der Waals surface area contributed by atoms with Crippen LogP contribution in [0.15, 0.2) is 47.3 Å². The van der Waals surface area contributed by atoms with Gasteiger partial charge in [0.05, 0.1) is 22.9 Å². The van der Waals surface area contributed by atoms with Gasteiger partial charge < -0.3 is 10.1 Å². The Labute approximate surface area is 185 Å². The SMILES string of the molecule is CCO[C@H]1Cc2ccccc2[C@H]1Nc1c(C)nc(-c2ccc(Cl)cc2Cl)n(C)c1=O. The Morgan fingerprint density at radius 3 is 2.73 bits per heavy atom. The van der Waals surface area contributed by atoms with Gasteiger partial charge in [0.15, 0.2) is 0 Å². The number of halogens is 2. The largest absolute Gasteiger partial charge is 0.376 e. The highest BCUT2D eigenvalue weighted by Crippen LogP contribution is 2.36. The van der Waals surface area contributed by atoms with E-state index in [2.05, 4.69) is 17.4 Å². The van der Waals surface area contributed by atoms with E-state index in [1.54, 1.807) is 25.2 Å². The second-order valence-corrected chi connectivity index (χ2v) is 8.25. The highest BCUT2D eigenvalue weighted by Gasteiger charge is 2.34. The van der Waals surface area contributed by atoms with Crippen molar-refractivity contribution in [3.05, 3.63) is 79.7 Å². The van der Waals surface area contributed by atoms with Crippen LogP contribution in [-0.2, 0) is 18.2 Å². The lowest BCUT2D eigenvalue weighted by atomic mass is 10.1. The van der Waals surface area contributed by atoms with Crippen LogP contribution in [0.1, 0.15) is 29.8 Å². The van der Waals surface area contributed by atoms with E-state index < -0.39 is 0 Å². The van der Waals surface area contributed by atoms with Crippen molar-refractivity contribution in [1.29, 1.82) is 0 Å². The number of anilines is 1. The third-order valence-electron chi connectivity index (χ3n) is 5.51. The summed E-state index contributed by atoms with van der Waals surface area (Å²) < 4.78 is 7.49. The molecule has 1 aliphatic carbocycles. The number of nitrogens with zero attached hydrogens (tertiary/aromatic N) is 2. The van der Waals surface area contributed by atoms with Crippen molar-refractivity contribution in [1.82, 2.24) is 9.55 Å². The molecule has 0 radical (unpaired) electrons.